The summed E-state index contributed by atoms with van der Waals surface area (Å²) >= 11 is 0. The summed E-state index contributed by atoms with van der Waals surface area (Å²) in [5.74, 6) is -1.91. The summed E-state index contributed by atoms with van der Waals surface area (Å²) in [6.07, 6.45) is 2.06. The van der Waals surface area contributed by atoms with Gasteiger partial charge in [-0.15, -0.1) is 0 Å². The largest absolute Gasteiger partial charge is 0.508 e. The number of hydrogen-bond donors (Lipinski definition) is 6. The fraction of sp³-hybridized carbons (Fsp3) is 0.290. The third kappa shape index (κ3) is 9.68. The van der Waals surface area contributed by atoms with Crippen LogP contribution in [-0.2, 0) is 28.9 Å². The second-order valence-corrected chi connectivity index (χ2v) is 9.71. The van der Waals surface area contributed by atoms with E-state index >= 15 is 0 Å². The number of carbonyl (C=O) groups excluding carboxylic acids is 2. The molecule has 8 nitrogen and oxygen atoms in total. The monoisotopic (exact) mass is 531 g/mol. The first kappa shape index (κ1) is 29.6. The molecule has 8 heteroatoms. The standard InChI is InChI=1S/C31H37N3O5/c32-26(19-23-14-16-24(35)17-15-23)29(37)13-7-12-28(36)25(18-21-8-3-1-4-9-21)31(39)34-27(30(33)38)20-22-10-5-2-6-11-22/h1-12,14-17,25-29,35-37H,13,18-20,32H2,(H2,33,38)(H,34,39)/b12-7-/t25-,26+,27+,28+,29+/m1/s1. The van der Waals surface area contributed by atoms with Crippen molar-refractivity contribution in [3.05, 3.63) is 114 Å². The smallest absolute Gasteiger partial charge is 0.240 e. The van der Waals surface area contributed by atoms with Crippen LogP contribution in [0.25, 0.3) is 0 Å². The molecule has 39 heavy (non-hydrogen) atoms. The zero-order valence-corrected chi connectivity index (χ0v) is 21.8. The van der Waals surface area contributed by atoms with E-state index in [0.29, 0.717) is 6.42 Å². The molecule has 0 spiro atoms. The van der Waals surface area contributed by atoms with Gasteiger partial charge in [0, 0.05) is 12.5 Å². The number of aliphatic hydroxyl groups is 2. The molecule has 0 aromatic heterocycles. The lowest BCUT2D eigenvalue weighted by molar-refractivity contribution is -0.131. The van der Waals surface area contributed by atoms with Crippen LogP contribution in [0.2, 0.25) is 0 Å². The van der Waals surface area contributed by atoms with Crippen LogP contribution in [0.3, 0.4) is 0 Å². The molecule has 0 fully saturated rings. The van der Waals surface area contributed by atoms with Crippen molar-refractivity contribution in [2.24, 2.45) is 17.4 Å². The number of rotatable bonds is 14. The normalized spacial score (nSPS) is 15.3. The van der Waals surface area contributed by atoms with Crippen molar-refractivity contribution in [3.8, 4) is 5.75 Å². The first-order valence-corrected chi connectivity index (χ1v) is 13.0. The number of phenolic OH excluding ortho intramolecular Hbond substituents is 1. The summed E-state index contributed by atoms with van der Waals surface area (Å²) < 4.78 is 0. The third-order valence-corrected chi connectivity index (χ3v) is 6.60. The highest BCUT2D eigenvalue weighted by Crippen LogP contribution is 2.17. The minimum absolute atomic E-state index is 0.154. The number of phenols is 1. The minimum Gasteiger partial charge on any atom is -0.508 e. The van der Waals surface area contributed by atoms with E-state index in [9.17, 15) is 24.9 Å². The quantitative estimate of drug-likeness (QED) is 0.175. The number of nitrogens with two attached hydrogens (primary N) is 2. The highest BCUT2D eigenvalue weighted by Gasteiger charge is 2.29. The van der Waals surface area contributed by atoms with Gasteiger partial charge in [0.15, 0.2) is 0 Å². The number of amides is 2. The first-order chi connectivity index (χ1) is 18.7. The van der Waals surface area contributed by atoms with Gasteiger partial charge in [-0.05, 0) is 48.1 Å². The Bertz CT molecular complexity index is 1200. The molecule has 0 aliphatic heterocycles. The number of carbonyl (C=O) groups is 2. The van der Waals surface area contributed by atoms with E-state index < -0.39 is 42.0 Å². The Hall–Kier alpha value is -3.98. The Morgan fingerprint density at radius 3 is 1.90 bits per heavy atom. The fourth-order valence-corrected chi connectivity index (χ4v) is 4.29. The average Bonchev–Trinajstić information content (AvgIpc) is 2.93. The minimum atomic E-state index is -1.18. The van der Waals surface area contributed by atoms with Crippen LogP contribution in [0.4, 0.5) is 0 Å². The van der Waals surface area contributed by atoms with Crippen LogP contribution in [-0.4, -0.2) is 51.4 Å². The second-order valence-electron chi connectivity index (χ2n) is 9.71. The van der Waals surface area contributed by atoms with E-state index in [0.717, 1.165) is 16.7 Å². The van der Waals surface area contributed by atoms with E-state index in [2.05, 4.69) is 5.32 Å². The molecule has 0 aliphatic rings. The number of aromatic hydroxyl groups is 1. The van der Waals surface area contributed by atoms with Crippen LogP contribution < -0.4 is 16.8 Å². The molecule has 0 saturated heterocycles. The Kier molecular flexibility index (Phi) is 11.2. The van der Waals surface area contributed by atoms with Crippen LogP contribution in [0.15, 0.2) is 97.1 Å². The van der Waals surface area contributed by atoms with Gasteiger partial charge in [-0.25, -0.2) is 0 Å². The van der Waals surface area contributed by atoms with Gasteiger partial charge in [0.2, 0.25) is 11.8 Å². The zero-order chi connectivity index (χ0) is 28.2. The van der Waals surface area contributed by atoms with Crippen molar-refractivity contribution in [2.75, 3.05) is 0 Å². The summed E-state index contributed by atoms with van der Waals surface area (Å²) in [4.78, 5) is 25.5. The van der Waals surface area contributed by atoms with E-state index in [4.69, 9.17) is 11.5 Å². The van der Waals surface area contributed by atoms with Gasteiger partial charge in [0.05, 0.1) is 18.1 Å². The number of hydrogen-bond acceptors (Lipinski definition) is 6. The number of benzene rings is 3. The van der Waals surface area contributed by atoms with Crippen molar-refractivity contribution in [3.63, 3.8) is 0 Å². The molecule has 5 atom stereocenters. The lowest BCUT2D eigenvalue weighted by Crippen LogP contribution is -2.50. The molecule has 0 saturated carbocycles. The van der Waals surface area contributed by atoms with Gasteiger partial charge in [0.25, 0.3) is 0 Å². The average molecular weight is 532 g/mol. The molecule has 8 N–H and O–H groups in total. The Morgan fingerprint density at radius 2 is 1.33 bits per heavy atom. The van der Waals surface area contributed by atoms with Gasteiger partial charge in [-0.1, -0.05) is 84.9 Å². The maximum absolute atomic E-state index is 13.3. The molecule has 3 aromatic rings. The molecule has 0 unspecified atom stereocenters. The van der Waals surface area contributed by atoms with Crippen molar-refractivity contribution in [1.29, 1.82) is 0 Å². The maximum Gasteiger partial charge on any atom is 0.240 e. The fourth-order valence-electron chi connectivity index (χ4n) is 4.29. The molecule has 0 bridgehead atoms. The van der Waals surface area contributed by atoms with Crippen LogP contribution in [0, 0.1) is 5.92 Å². The van der Waals surface area contributed by atoms with Crippen LogP contribution in [0.1, 0.15) is 23.1 Å². The van der Waals surface area contributed by atoms with Crippen LogP contribution in [0.5, 0.6) is 5.75 Å². The van der Waals surface area contributed by atoms with Crippen molar-refractivity contribution < 1.29 is 24.9 Å². The van der Waals surface area contributed by atoms with Crippen molar-refractivity contribution in [1.82, 2.24) is 5.32 Å². The predicted octanol–water partition coefficient (Wildman–Crippen LogP) is 2.00. The summed E-state index contributed by atoms with van der Waals surface area (Å²) in [5.41, 5.74) is 14.3. The van der Waals surface area contributed by atoms with Crippen molar-refractivity contribution in [2.45, 2.75) is 50.0 Å². The summed E-state index contributed by atoms with van der Waals surface area (Å²) in [7, 11) is 0. The van der Waals surface area contributed by atoms with Crippen molar-refractivity contribution >= 4 is 11.8 Å². The molecule has 0 heterocycles. The third-order valence-electron chi connectivity index (χ3n) is 6.60. The van der Waals surface area contributed by atoms with E-state index in [1.807, 2.05) is 60.7 Å². The Labute approximate surface area is 229 Å². The topological polar surface area (TPSA) is 159 Å². The molecule has 3 aromatic carbocycles. The van der Waals surface area contributed by atoms with E-state index in [-0.39, 0.29) is 25.0 Å². The lowest BCUT2D eigenvalue weighted by Gasteiger charge is -2.24. The Morgan fingerprint density at radius 1 is 0.795 bits per heavy atom. The van der Waals surface area contributed by atoms with E-state index in [1.54, 1.807) is 30.3 Å². The Balaban J connectivity index is 1.66. The lowest BCUT2D eigenvalue weighted by atomic mass is 9.91. The van der Waals surface area contributed by atoms with Gasteiger partial charge in [-0.2, -0.15) is 0 Å². The molecule has 0 radical (unpaired) electrons. The molecule has 206 valence electrons. The van der Waals surface area contributed by atoms with Gasteiger partial charge in [-0.3, -0.25) is 9.59 Å². The highest BCUT2D eigenvalue weighted by molar-refractivity contribution is 5.88. The van der Waals surface area contributed by atoms with Gasteiger partial charge in [0.1, 0.15) is 11.8 Å². The first-order valence-electron chi connectivity index (χ1n) is 13.0. The van der Waals surface area contributed by atoms with Crippen LogP contribution >= 0.6 is 0 Å². The van der Waals surface area contributed by atoms with E-state index in [1.165, 1.54) is 6.08 Å². The van der Waals surface area contributed by atoms with Gasteiger partial charge < -0.3 is 32.1 Å². The summed E-state index contributed by atoms with van der Waals surface area (Å²) in [6, 6.07) is 23.6. The maximum atomic E-state index is 13.3. The zero-order valence-electron chi connectivity index (χ0n) is 21.8. The predicted molar refractivity (Wildman–Crippen MR) is 150 cm³/mol. The summed E-state index contributed by atoms with van der Waals surface area (Å²) in [6.45, 7) is 0. The molecule has 0 aliphatic carbocycles. The summed E-state index contributed by atoms with van der Waals surface area (Å²) in [5, 5.41) is 33.6. The molecule has 2 amide bonds. The number of primary amides is 1. The molecular weight excluding hydrogens is 494 g/mol. The van der Waals surface area contributed by atoms with Gasteiger partial charge >= 0.3 is 0 Å². The highest BCUT2D eigenvalue weighted by atomic mass is 16.3. The molecular formula is C31H37N3O5. The number of aliphatic hydroxyl groups excluding tert-OH is 2. The SMILES string of the molecule is NC(=O)[C@H](Cc1ccccc1)NC(=O)[C@H](Cc1ccccc1)[C@@H](O)/C=C\C[C@H](O)[C@@H](N)Cc1ccc(O)cc1. The number of nitrogens with one attached hydrogen (secondary N) is 1. The second kappa shape index (κ2) is 14.8. The molecule has 3 rings (SSSR count).